The summed E-state index contributed by atoms with van der Waals surface area (Å²) < 4.78 is 12.2. The van der Waals surface area contributed by atoms with Crippen LogP contribution in [0.2, 0.25) is 0 Å². The fraction of sp³-hybridized carbons (Fsp3) is 0.429. The van der Waals surface area contributed by atoms with Gasteiger partial charge in [0, 0.05) is 12.0 Å². The molecule has 1 aliphatic carbocycles. The second kappa shape index (κ2) is 7.54. The van der Waals surface area contributed by atoms with Gasteiger partial charge in [0.1, 0.15) is 0 Å². The third-order valence-electron chi connectivity index (χ3n) is 4.40. The van der Waals surface area contributed by atoms with Crippen molar-refractivity contribution in [3.8, 4) is 22.6 Å². The first kappa shape index (κ1) is 15.9. The number of fused-ring (bicyclic) bond motifs is 3. The van der Waals surface area contributed by atoms with Crippen molar-refractivity contribution in [1.82, 2.24) is 0 Å². The highest BCUT2D eigenvalue weighted by Crippen LogP contribution is 2.45. The van der Waals surface area contributed by atoms with Crippen LogP contribution in [0.5, 0.6) is 11.5 Å². The third-order valence-corrected chi connectivity index (χ3v) is 4.40. The topological polar surface area (TPSA) is 18.5 Å². The van der Waals surface area contributed by atoms with Gasteiger partial charge in [-0.15, -0.1) is 0 Å². The molecule has 2 heteroatoms. The Morgan fingerprint density at radius 2 is 1.57 bits per heavy atom. The smallest absolute Gasteiger partial charge is 0.165 e. The number of unbranched alkanes of at least 4 members (excludes halogenated alkanes) is 2. The van der Waals surface area contributed by atoms with Crippen molar-refractivity contribution in [1.29, 1.82) is 0 Å². The Morgan fingerprint density at radius 1 is 0.826 bits per heavy atom. The fourth-order valence-electron chi connectivity index (χ4n) is 3.08. The molecule has 3 rings (SSSR count). The van der Waals surface area contributed by atoms with Crippen molar-refractivity contribution >= 4 is 0 Å². The number of benzene rings is 2. The Labute approximate surface area is 139 Å². The maximum Gasteiger partial charge on any atom is 0.165 e. The minimum absolute atomic E-state index is 0.756. The molecule has 0 N–H and O–H groups in total. The van der Waals surface area contributed by atoms with Gasteiger partial charge in [-0.1, -0.05) is 57.0 Å². The highest BCUT2D eigenvalue weighted by molar-refractivity contribution is 5.80. The van der Waals surface area contributed by atoms with Crippen molar-refractivity contribution in [3.05, 3.63) is 47.5 Å². The predicted octanol–water partition coefficient (Wildman–Crippen LogP) is 5.62. The maximum atomic E-state index is 6.16. The van der Waals surface area contributed by atoms with Crippen LogP contribution in [0.4, 0.5) is 0 Å². The van der Waals surface area contributed by atoms with Gasteiger partial charge in [-0.05, 0) is 35.6 Å². The summed E-state index contributed by atoms with van der Waals surface area (Å²) in [6, 6.07) is 12.9. The van der Waals surface area contributed by atoms with Crippen molar-refractivity contribution in [2.24, 2.45) is 0 Å². The van der Waals surface area contributed by atoms with E-state index in [1.807, 2.05) is 0 Å². The molecule has 0 saturated carbocycles. The summed E-state index contributed by atoms with van der Waals surface area (Å²) in [7, 11) is 0. The first-order valence-corrected chi connectivity index (χ1v) is 8.84. The molecule has 0 aliphatic heterocycles. The summed E-state index contributed by atoms with van der Waals surface area (Å²) in [6.45, 7) is 5.88. The Hall–Kier alpha value is -1.96. The first-order valence-electron chi connectivity index (χ1n) is 8.84. The minimum atomic E-state index is 0.756. The zero-order valence-corrected chi connectivity index (χ0v) is 14.2. The van der Waals surface area contributed by atoms with Crippen LogP contribution < -0.4 is 9.47 Å². The van der Waals surface area contributed by atoms with E-state index in [0.717, 1.165) is 56.8 Å². The molecule has 0 bridgehead atoms. The Kier molecular flexibility index (Phi) is 5.22. The summed E-state index contributed by atoms with van der Waals surface area (Å²) in [6.07, 6.45) is 5.37. The molecule has 0 atom stereocenters. The molecule has 0 amide bonds. The summed E-state index contributed by atoms with van der Waals surface area (Å²) in [5, 5.41) is 0. The van der Waals surface area contributed by atoms with Gasteiger partial charge < -0.3 is 9.47 Å². The van der Waals surface area contributed by atoms with Crippen LogP contribution in [0.25, 0.3) is 11.1 Å². The average Bonchev–Trinajstić information content (AvgIpc) is 2.95. The van der Waals surface area contributed by atoms with Gasteiger partial charge in [-0.2, -0.15) is 0 Å². The SMILES string of the molecule is CCCCOc1ccc2c(c1OCCCC)Cc1ccccc1-2. The van der Waals surface area contributed by atoms with Gasteiger partial charge in [0.05, 0.1) is 13.2 Å². The molecule has 0 saturated heterocycles. The van der Waals surface area contributed by atoms with Crippen molar-refractivity contribution in [2.45, 2.75) is 46.0 Å². The fourth-order valence-corrected chi connectivity index (χ4v) is 3.08. The van der Waals surface area contributed by atoms with Gasteiger partial charge >= 0.3 is 0 Å². The van der Waals surface area contributed by atoms with E-state index in [1.165, 1.54) is 22.3 Å². The standard InChI is InChI=1S/C21H26O2/c1-3-5-13-22-20-12-11-18-17-10-8-7-9-16(17)15-19(18)21(20)23-14-6-4-2/h7-12H,3-6,13-15H2,1-2H3. The van der Waals surface area contributed by atoms with E-state index < -0.39 is 0 Å². The van der Waals surface area contributed by atoms with Gasteiger partial charge in [0.2, 0.25) is 0 Å². The molecule has 0 spiro atoms. The van der Waals surface area contributed by atoms with Crippen LogP contribution in [0.1, 0.15) is 50.7 Å². The van der Waals surface area contributed by atoms with E-state index in [0.29, 0.717) is 0 Å². The van der Waals surface area contributed by atoms with Crippen LogP contribution in [0.15, 0.2) is 36.4 Å². The van der Waals surface area contributed by atoms with E-state index in [4.69, 9.17) is 9.47 Å². The monoisotopic (exact) mass is 310 g/mol. The van der Waals surface area contributed by atoms with E-state index in [9.17, 15) is 0 Å². The molecule has 1 aliphatic rings. The summed E-state index contributed by atoms with van der Waals surface area (Å²) in [4.78, 5) is 0. The lowest BCUT2D eigenvalue weighted by atomic mass is 10.1. The molecule has 23 heavy (non-hydrogen) atoms. The molecule has 122 valence electrons. The quantitative estimate of drug-likeness (QED) is 0.503. The second-order valence-electron chi connectivity index (χ2n) is 6.16. The highest BCUT2D eigenvalue weighted by Gasteiger charge is 2.24. The Morgan fingerprint density at radius 3 is 2.35 bits per heavy atom. The molecular weight excluding hydrogens is 284 g/mol. The lowest BCUT2D eigenvalue weighted by Gasteiger charge is -2.16. The van der Waals surface area contributed by atoms with Crippen LogP contribution >= 0.6 is 0 Å². The molecule has 0 radical (unpaired) electrons. The largest absolute Gasteiger partial charge is 0.490 e. The minimum Gasteiger partial charge on any atom is -0.490 e. The number of hydrogen-bond acceptors (Lipinski definition) is 2. The molecule has 0 unspecified atom stereocenters. The van der Waals surface area contributed by atoms with E-state index in [-0.39, 0.29) is 0 Å². The molecular formula is C21H26O2. The predicted molar refractivity (Wildman–Crippen MR) is 95.5 cm³/mol. The van der Waals surface area contributed by atoms with Gasteiger partial charge in [0.25, 0.3) is 0 Å². The van der Waals surface area contributed by atoms with Gasteiger partial charge in [-0.25, -0.2) is 0 Å². The zero-order valence-electron chi connectivity index (χ0n) is 14.2. The van der Waals surface area contributed by atoms with Gasteiger partial charge in [0.15, 0.2) is 11.5 Å². The molecule has 2 aromatic carbocycles. The summed E-state index contributed by atoms with van der Waals surface area (Å²) >= 11 is 0. The number of hydrogen-bond donors (Lipinski definition) is 0. The first-order chi connectivity index (χ1) is 11.3. The highest BCUT2D eigenvalue weighted by atomic mass is 16.5. The molecule has 0 aromatic heterocycles. The maximum absolute atomic E-state index is 6.16. The van der Waals surface area contributed by atoms with Crippen LogP contribution in [0, 0.1) is 0 Å². The molecule has 2 nitrogen and oxygen atoms in total. The van der Waals surface area contributed by atoms with Crippen molar-refractivity contribution < 1.29 is 9.47 Å². The normalized spacial score (nSPS) is 11.9. The van der Waals surface area contributed by atoms with Crippen LogP contribution in [0.3, 0.4) is 0 Å². The van der Waals surface area contributed by atoms with Crippen LogP contribution in [-0.4, -0.2) is 13.2 Å². The lowest BCUT2D eigenvalue weighted by Crippen LogP contribution is -2.04. The zero-order chi connectivity index (χ0) is 16.1. The van der Waals surface area contributed by atoms with E-state index in [2.05, 4.69) is 50.2 Å². The molecule has 0 fully saturated rings. The number of rotatable bonds is 8. The average molecular weight is 310 g/mol. The molecule has 0 heterocycles. The van der Waals surface area contributed by atoms with Crippen molar-refractivity contribution in [3.63, 3.8) is 0 Å². The Bertz CT molecular complexity index is 661. The van der Waals surface area contributed by atoms with Crippen molar-refractivity contribution in [2.75, 3.05) is 13.2 Å². The van der Waals surface area contributed by atoms with Gasteiger partial charge in [-0.3, -0.25) is 0 Å². The third kappa shape index (κ3) is 3.36. The van der Waals surface area contributed by atoms with Crippen LogP contribution in [-0.2, 0) is 6.42 Å². The van der Waals surface area contributed by atoms with E-state index in [1.54, 1.807) is 0 Å². The number of ether oxygens (including phenoxy) is 2. The molecule has 2 aromatic rings. The van der Waals surface area contributed by atoms with E-state index >= 15 is 0 Å². The summed E-state index contributed by atoms with van der Waals surface area (Å²) in [5.74, 6) is 1.87. The lowest BCUT2D eigenvalue weighted by molar-refractivity contribution is 0.260. The Balaban J connectivity index is 1.91. The second-order valence-corrected chi connectivity index (χ2v) is 6.16. The summed E-state index contributed by atoms with van der Waals surface area (Å²) in [5.41, 5.74) is 5.31.